The molecule has 2 heterocycles. The summed E-state index contributed by atoms with van der Waals surface area (Å²) in [6.07, 6.45) is -0.212. The third kappa shape index (κ3) is 4.77. The van der Waals surface area contributed by atoms with E-state index in [4.69, 9.17) is 9.47 Å². The van der Waals surface area contributed by atoms with Crippen LogP contribution < -0.4 is 10.3 Å². The number of hydrogen-bond acceptors (Lipinski definition) is 4. The highest BCUT2D eigenvalue weighted by molar-refractivity contribution is 6.01. The molecule has 8 heteroatoms. The SMILES string of the molecule is Cc1c(-c2c(C(OC(C)(C)C)C(=O)O)n(C)c(=O)c3cc(-c4ccccc4F)ccc23)cc(F)c2c1CCCO2. The Bertz CT molecular complexity index is 1720. The number of aromatic nitrogens is 1. The maximum Gasteiger partial charge on any atom is 0.339 e. The molecule has 1 unspecified atom stereocenters. The van der Waals surface area contributed by atoms with Gasteiger partial charge in [0.05, 0.1) is 17.9 Å². The van der Waals surface area contributed by atoms with E-state index in [1.54, 1.807) is 57.2 Å². The quantitative estimate of drug-likeness (QED) is 0.300. The number of halogens is 2. The summed E-state index contributed by atoms with van der Waals surface area (Å²) < 4.78 is 43.0. The molecule has 0 saturated carbocycles. The van der Waals surface area contributed by atoms with Crippen LogP contribution in [-0.2, 0) is 23.0 Å². The number of aliphatic carboxylic acids is 1. The highest BCUT2D eigenvalue weighted by Crippen LogP contribution is 2.43. The summed E-state index contributed by atoms with van der Waals surface area (Å²) in [5.41, 5.74) is 1.82. The number of pyridine rings is 1. The fourth-order valence-electron chi connectivity index (χ4n) is 5.48. The van der Waals surface area contributed by atoms with Gasteiger partial charge in [-0.2, -0.15) is 0 Å². The van der Waals surface area contributed by atoms with E-state index in [0.29, 0.717) is 52.7 Å². The number of hydrogen-bond donors (Lipinski definition) is 1. The third-order valence-electron chi connectivity index (χ3n) is 7.28. The highest BCUT2D eigenvalue weighted by Gasteiger charge is 2.34. The monoisotopic (exact) mass is 547 g/mol. The van der Waals surface area contributed by atoms with Gasteiger partial charge in [-0.25, -0.2) is 13.6 Å². The van der Waals surface area contributed by atoms with Gasteiger partial charge < -0.3 is 19.1 Å². The summed E-state index contributed by atoms with van der Waals surface area (Å²) in [5.74, 6) is -2.08. The number of carboxylic acids is 1. The zero-order chi connectivity index (χ0) is 28.9. The standard InChI is InChI=1S/C32H31F2NO5/c1-17-19-10-8-14-39-28(19)25(34)16-22(17)26-21-13-12-18(20-9-6-7-11-24(20)33)15-23(21)30(36)35(5)27(26)29(31(37)38)40-32(2,3)4/h6-7,9,11-13,15-16,29H,8,10,14H2,1-5H3,(H,37,38). The van der Waals surface area contributed by atoms with E-state index in [0.717, 1.165) is 5.56 Å². The Hall–Kier alpha value is -4.04. The smallest absolute Gasteiger partial charge is 0.339 e. The molecule has 0 saturated heterocycles. The molecular weight excluding hydrogens is 516 g/mol. The summed E-state index contributed by atoms with van der Waals surface area (Å²) in [6.45, 7) is 7.43. The zero-order valence-electron chi connectivity index (χ0n) is 23.1. The van der Waals surface area contributed by atoms with Gasteiger partial charge in [0.1, 0.15) is 5.82 Å². The molecule has 1 aromatic heterocycles. The molecule has 0 aliphatic carbocycles. The van der Waals surface area contributed by atoms with Crippen molar-refractivity contribution >= 4 is 16.7 Å². The van der Waals surface area contributed by atoms with Crippen molar-refractivity contribution < 1.29 is 28.2 Å². The molecule has 0 bridgehead atoms. The lowest BCUT2D eigenvalue weighted by atomic mass is 9.87. The van der Waals surface area contributed by atoms with Gasteiger partial charge in [0.15, 0.2) is 17.7 Å². The van der Waals surface area contributed by atoms with Gasteiger partial charge in [0.2, 0.25) is 0 Å². The van der Waals surface area contributed by atoms with Crippen molar-refractivity contribution in [3.8, 4) is 28.0 Å². The van der Waals surface area contributed by atoms with Crippen molar-refractivity contribution in [2.24, 2.45) is 7.05 Å². The summed E-state index contributed by atoms with van der Waals surface area (Å²) in [7, 11) is 1.48. The third-order valence-corrected chi connectivity index (χ3v) is 7.28. The van der Waals surface area contributed by atoms with Gasteiger partial charge in [-0.15, -0.1) is 0 Å². The van der Waals surface area contributed by atoms with Crippen molar-refractivity contribution in [1.29, 1.82) is 0 Å². The van der Waals surface area contributed by atoms with Gasteiger partial charge in [0, 0.05) is 29.1 Å². The van der Waals surface area contributed by atoms with Crippen LogP contribution in [0.2, 0.25) is 0 Å². The maximum absolute atomic E-state index is 15.5. The average molecular weight is 548 g/mol. The number of fused-ring (bicyclic) bond motifs is 2. The number of carbonyl (C=O) groups is 1. The van der Waals surface area contributed by atoms with Crippen LogP contribution in [-0.4, -0.2) is 27.9 Å². The van der Waals surface area contributed by atoms with E-state index >= 15 is 4.39 Å². The number of rotatable bonds is 5. The van der Waals surface area contributed by atoms with Crippen LogP contribution in [0.15, 0.2) is 53.3 Å². The minimum Gasteiger partial charge on any atom is -0.490 e. The molecule has 3 aromatic carbocycles. The molecular formula is C32H31F2NO5. The molecule has 40 heavy (non-hydrogen) atoms. The summed E-state index contributed by atoms with van der Waals surface area (Å²) in [4.78, 5) is 26.5. The summed E-state index contributed by atoms with van der Waals surface area (Å²) in [6, 6.07) is 12.5. The van der Waals surface area contributed by atoms with Crippen molar-refractivity contribution in [3.05, 3.63) is 87.3 Å². The second-order valence-electron chi connectivity index (χ2n) is 11.1. The Morgan fingerprint density at radius 2 is 1.77 bits per heavy atom. The van der Waals surface area contributed by atoms with E-state index in [9.17, 15) is 19.1 Å². The largest absolute Gasteiger partial charge is 0.490 e. The van der Waals surface area contributed by atoms with Crippen molar-refractivity contribution in [2.45, 2.75) is 52.2 Å². The Kier molecular flexibility index (Phi) is 7.00. The Morgan fingerprint density at radius 1 is 1.05 bits per heavy atom. The van der Waals surface area contributed by atoms with Crippen LogP contribution in [0.5, 0.6) is 5.75 Å². The molecule has 1 atom stereocenters. The van der Waals surface area contributed by atoms with Crippen LogP contribution >= 0.6 is 0 Å². The number of ether oxygens (including phenoxy) is 2. The maximum atomic E-state index is 15.5. The molecule has 5 rings (SSSR count). The molecule has 1 aliphatic rings. The van der Waals surface area contributed by atoms with Crippen molar-refractivity contribution in [1.82, 2.24) is 4.57 Å². The lowest BCUT2D eigenvalue weighted by Gasteiger charge is -2.29. The van der Waals surface area contributed by atoms with Gasteiger partial charge in [-0.05, 0) is 80.8 Å². The Labute approximate surface area is 230 Å². The predicted molar refractivity (Wildman–Crippen MR) is 150 cm³/mol. The minimum absolute atomic E-state index is 0.0951. The molecule has 4 aromatic rings. The lowest BCUT2D eigenvalue weighted by molar-refractivity contribution is -0.161. The second-order valence-corrected chi connectivity index (χ2v) is 11.1. The Morgan fingerprint density at radius 3 is 2.45 bits per heavy atom. The number of carboxylic acid groups (broad SMARTS) is 1. The molecule has 1 N–H and O–H groups in total. The molecule has 6 nitrogen and oxygen atoms in total. The molecule has 208 valence electrons. The first-order chi connectivity index (χ1) is 18.9. The molecule has 0 spiro atoms. The van der Waals surface area contributed by atoms with Crippen molar-refractivity contribution in [2.75, 3.05) is 6.61 Å². The van der Waals surface area contributed by atoms with E-state index in [2.05, 4.69) is 0 Å². The van der Waals surface area contributed by atoms with Crippen LogP contribution in [0.25, 0.3) is 33.0 Å². The Balaban J connectivity index is 1.91. The topological polar surface area (TPSA) is 77.8 Å². The van der Waals surface area contributed by atoms with Crippen LogP contribution in [0, 0.1) is 18.6 Å². The van der Waals surface area contributed by atoms with E-state index in [-0.39, 0.29) is 16.8 Å². The first kappa shape index (κ1) is 27.5. The number of nitrogens with zero attached hydrogens (tertiary/aromatic N) is 1. The van der Waals surface area contributed by atoms with E-state index < -0.39 is 34.9 Å². The first-order valence-electron chi connectivity index (χ1n) is 13.2. The van der Waals surface area contributed by atoms with Gasteiger partial charge in [-0.3, -0.25) is 4.79 Å². The second kappa shape index (κ2) is 10.2. The highest BCUT2D eigenvalue weighted by atomic mass is 19.1. The van der Waals surface area contributed by atoms with Crippen LogP contribution in [0.4, 0.5) is 8.78 Å². The average Bonchev–Trinajstić information content (AvgIpc) is 2.91. The van der Waals surface area contributed by atoms with Crippen LogP contribution in [0.3, 0.4) is 0 Å². The van der Waals surface area contributed by atoms with Gasteiger partial charge in [0.25, 0.3) is 5.56 Å². The number of benzene rings is 3. The lowest BCUT2D eigenvalue weighted by Crippen LogP contribution is -2.33. The predicted octanol–water partition coefficient (Wildman–Crippen LogP) is 6.72. The fourth-order valence-corrected chi connectivity index (χ4v) is 5.48. The molecule has 0 amide bonds. The fraction of sp³-hybridized carbons (Fsp3) is 0.312. The first-order valence-corrected chi connectivity index (χ1v) is 13.2. The normalized spacial score (nSPS) is 14.1. The summed E-state index contributed by atoms with van der Waals surface area (Å²) >= 11 is 0. The van der Waals surface area contributed by atoms with E-state index in [1.807, 2.05) is 6.92 Å². The summed E-state index contributed by atoms with van der Waals surface area (Å²) in [5, 5.41) is 11.0. The van der Waals surface area contributed by atoms with Gasteiger partial charge >= 0.3 is 5.97 Å². The zero-order valence-corrected chi connectivity index (χ0v) is 23.1. The van der Waals surface area contributed by atoms with E-state index in [1.165, 1.54) is 23.7 Å². The molecule has 0 radical (unpaired) electrons. The minimum atomic E-state index is -1.53. The van der Waals surface area contributed by atoms with Gasteiger partial charge in [-0.1, -0.05) is 30.3 Å². The molecule has 0 fully saturated rings. The van der Waals surface area contributed by atoms with Crippen LogP contribution in [0.1, 0.15) is 50.1 Å². The molecule has 1 aliphatic heterocycles. The van der Waals surface area contributed by atoms with Crippen molar-refractivity contribution in [3.63, 3.8) is 0 Å².